The lowest BCUT2D eigenvalue weighted by Gasteiger charge is -2.26. The summed E-state index contributed by atoms with van der Waals surface area (Å²) in [5.41, 5.74) is 0.286. The molecule has 0 radical (unpaired) electrons. The van der Waals surface area contributed by atoms with Crippen molar-refractivity contribution in [2.24, 2.45) is 0 Å². The fourth-order valence-electron chi connectivity index (χ4n) is 2.45. The Hall–Kier alpha value is -2.22. The summed E-state index contributed by atoms with van der Waals surface area (Å²) in [7, 11) is 0. The van der Waals surface area contributed by atoms with Gasteiger partial charge in [-0.05, 0) is 53.5 Å². The summed E-state index contributed by atoms with van der Waals surface area (Å²) in [5.74, 6) is 6.98. The molecule has 1 aromatic heterocycles. The first-order chi connectivity index (χ1) is 11.2. The molecule has 0 saturated carbocycles. The quantitative estimate of drug-likeness (QED) is 0.777. The molecule has 1 aliphatic rings. The number of hydrogen-bond acceptors (Lipinski definition) is 4. The summed E-state index contributed by atoms with van der Waals surface area (Å²) in [4.78, 5) is 18.1. The minimum atomic E-state index is -0.496. The van der Waals surface area contributed by atoms with Crippen molar-refractivity contribution in [3.8, 4) is 17.6 Å². The molecule has 0 unspecified atom stereocenters. The van der Waals surface area contributed by atoms with Crippen LogP contribution in [0.5, 0.6) is 5.75 Å². The van der Waals surface area contributed by atoms with Gasteiger partial charge in [0.1, 0.15) is 11.4 Å². The molecular weight excluding hydrogens is 304 g/mol. The van der Waals surface area contributed by atoms with Crippen molar-refractivity contribution < 1.29 is 14.3 Å². The van der Waals surface area contributed by atoms with Gasteiger partial charge in [-0.15, -0.1) is 0 Å². The van der Waals surface area contributed by atoms with Crippen molar-refractivity contribution in [2.75, 3.05) is 6.54 Å². The standard InChI is InChI=1S/C19H26N2O3/c1-14(2)23-17-11-15(12-20-13-17)8-9-16-7-6-10-21(16)18(22)24-19(3,4)5/h11-14,16H,6-7,10H2,1-5H3/t16-/m0/s1. The molecule has 0 N–H and O–H groups in total. The zero-order valence-electron chi connectivity index (χ0n) is 15.1. The van der Waals surface area contributed by atoms with Crippen molar-refractivity contribution in [3.05, 3.63) is 24.0 Å². The first-order valence-corrected chi connectivity index (χ1v) is 8.37. The summed E-state index contributed by atoms with van der Waals surface area (Å²) in [6.07, 6.45) is 4.97. The Bertz CT molecular complexity index is 638. The first kappa shape index (κ1) is 18.1. The van der Waals surface area contributed by atoms with Crippen LogP contribution in [0.15, 0.2) is 18.5 Å². The smallest absolute Gasteiger partial charge is 0.411 e. The van der Waals surface area contributed by atoms with E-state index < -0.39 is 5.60 Å². The minimum absolute atomic E-state index is 0.0903. The molecule has 1 atom stereocenters. The molecule has 0 aromatic carbocycles. The van der Waals surface area contributed by atoms with Crippen molar-refractivity contribution in [3.63, 3.8) is 0 Å². The Morgan fingerprint density at radius 1 is 1.38 bits per heavy atom. The lowest BCUT2D eigenvalue weighted by Crippen LogP contribution is -2.39. The van der Waals surface area contributed by atoms with Crippen LogP contribution in [-0.4, -0.2) is 40.3 Å². The maximum absolute atomic E-state index is 12.3. The number of likely N-dealkylation sites (tertiary alicyclic amines) is 1. The highest BCUT2D eigenvalue weighted by Gasteiger charge is 2.31. The molecule has 1 saturated heterocycles. The second-order valence-corrected chi connectivity index (χ2v) is 7.18. The van der Waals surface area contributed by atoms with Crippen LogP contribution in [0.2, 0.25) is 0 Å². The normalized spacial score (nSPS) is 17.4. The summed E-state index contributed by atoms with van der Waals surface area (Å²) in [6.45, 7) is 10.2. The topological polar surface area (TPSA) is 51.7 Å². The highest BCUT2D eigenvalue weighted by atomic mass is 16.6. The third-order valence-corrected chi connectivity index (χ3v) is 3.35. The average Bonchev–Trinajstić information content (AvgIpc) is 2.91. The van der Waals surface area contributed by atoms with E-state index in [1.165, 1.54) is 0 Å². The van der Waals surface area contributed by atoms with Crippen molar-refractivity contribution >= 4 is 6.09 Å². The lowest BCUT2D eigenvalue weighted by molar-refractivity contribution is 0.0261. The molecule has 1 fully saturated rings. The largest absolute Gasteiger partial charge is 0.489 e. The fraction of sp³-hybridized carbons (Fsp3) is 0.579. The highest BCUT2D eigenvalue weighted by molar-refractivity contribution is 5.69. The molecule has 0 spiro atoms. The van der Waals surface area contributed by atoms with E-state index in [9.17, 15) is 4.79 Å². The van der Waals surface area contributed by atoms with Crippen LogP contribution in [0.3, 0.4) is 0 Å². The van der Waals surface area contributed by atoms with Crippen LogP contribution in [0.25, 0.3) is 0 Å². The van der Waals surface area contributed by atoms with Crippen LogP contribution in [0.1, 0.15) is 53.0 Å². The van der Waals surface area contributed by atoms with Crippen LogP contribution >= 0.6 is 0 Å². The molecule has 5 nitrogen and oxygen atoms in total. The van der Waals surface area contributed by atoms with E-state index in [-0.39, 0.29) is 18.2 Å². The number of aromatic nitrogens is 1. The van der Waals surface area contributed by atoms with Crippen molar-refractivity contribution in [1.29, 1.82) is 0 Å². The van der Waals surface area contributed by atoms with Crippen LogP contribution in [0.4, 0.5) is 4.79 Å². The maximum atomic E-state index is 12.3. The summed E-state index contributed by atoms with van der Waals surface area (Å²) in [5, 5.41) is 0. The van der Waals surface area contributed by atoms with Gasteiger partial charge in [-0.1, -0.05) is 11.8 Å². The lowest BCUT2D eigenvalue weighted by atomic mass is 10.2. The Morgan fingerprint density at radius 2 is 2.12 bits per heavy atom. The maximum Gasteiger partial charge on any atom is 0.411 e. The predicted molar refractivity (Wildman–Crippen MR) is 92.8 cm³/mol. The van der Waals surface area contributed by atoms with Crippen LogP contribution in [-0.2, 0) is 4.74 Å². The minimum Gasteiger partial charge on any atom is -0.489 e. The Kier molecular flexibility index (Phi) is 5.71. The Balaban J connectivity index is 2.07. The van der Waals surface area contributed by atoms with Gasteiger partial charge in [0.05, 0.1) is 18.3 Å². The molecule has 1 aliphatic heterocycles. The van der Waals surface area contributed by atoms with Gasteiger partial charge >= 0.3 is 6.09 Å². The number of nitrogens with zero attached hydrogens (tertiary/aromatic N) is 2. The van der Waals surface area contributed by atoms with Gasteiger partial charge in [0.25, 0.3) is 0 Å². The van der Waals surface area contributed by atoms with Gasteiger partial charge in [0.15, 0.2) is 0 Å². The molecule has 2 rings (SSSR count). The third kappa shape index (κ3) is 5.45. The summed E-state index contributed by atoms with van der Waals surface area (Å²) >= 11 is 0. The molecule has 1 amide bonds. The number of amides is 1. The molecule has 0 aliphatic carbocycles. The SMILES string of the molecule is CC(C)Oc1cncc(C#C[C@@H]2CCCN2C(=O)OC(C)(C)C)c1. The molecule has 24 heavy (non-hydrogen) atoms. The van der Waals surface area contributed by atoms with Gasteiger partial charge in [0.2, 0.25) is 0 Å². The number of ether oxygens (including phenoxy) is 2. The number of carbonyl (C=O) groups excluding carboxylic acids is 1. The van der Waals surface area contributed by atoms with E-state index in [4.69, 9.17) is 9.47 Å². The molecular formula is C19H26N2O3. The second-order valence-electron chi connectivity index (χ2n) is 7.18. The molecule has 130 valence electrons. The molecule has 1 aromatic rings. The average molecular weight is 330 g/mol. The fourth-order valence-corrected chi connectivity index (χ4v) is 2.45. The van der Waals surface area contributed by atoms with Gasteiger partial charge in [-0.3, -0.25) is 9.88 Å². The zero-order chi connectivity index (χ0) is 17.7. The Labute approximate surface area is 144 Å². The second kappa shape index (κ2) is 7.57. The van der Waals surface area contributed by atoms with E-state index in [0.717, 1.165) is 18.4 Å². The highest BCUT2D eigenvalue weighted by Crippen LogP contribution is 2.20. The first-order valence-electron chi connectivity index (χ1n) is 8.37. The summed E-state index contributed by atoms with van der Waals surface area (Å²) < 4.78 is 11.1. The van der Waals surface area contributed by atoms with Crippen LogP contribution < -0.4 is 4.74 Å². The van der Waals surface area contributed by atoms with Gasteiger partial charge in [0, 0.05) is 18.3 Å². The van der Waals surface area contributed by atoms with E-state index in [2.05, 4.69) is 16.8 Å². The molecule has 0 bridgehead atoms. The van der Waals surface area contributed by atoms with E-state index in [1.54, 1.807) is 17.3 Å². The number of hydrogen-bond donors (Lipinski definition) is 0. The monoisotopic (exact) mass is 330 g/mol. The van der Waals surface area contributed by atoms with E-state index in [1.807, 2.05) is 40.7 Å². The van der Waals surface area contributed by atoms with E-state index >= 15 is 0 Å². The molecule has 2 heterocycles. The van der Waals surface area contributed by atoms with Gasteiger partial charge in [-0.2, -0.15) is 0 Å². The molecule has 5 heteroatoms. The summed E-state index contributed by atoms with van der Waals surface area (Å²) in [6, 6.07) is 1.75. The number of carbonyl (C=O) groups is 1. The van der Waals surface area contributed by atoms with Crippen LogP contribution in [0, 0.1) is 11.8 Å². The zero-order valence-corrected chi connectivity index (χ0v) is 15.1. The number of rotatable bonds is 2. The van der Waals surface area contributed by atoms with Gasteiger partial charge in [-0.25, -0.2) is 4.79 Å². The van der Waals surface area contributed by atoms with E-state index in [0.29, 0.717) is 12.3 Å². The Morgan fingerprint density at radius 3 is 2.79 bits per heavy atom. The van der Waals surface area contributed by atoms with Gasteiger partial charge < -0.3 is 9.47 Å². The van der Waals surface area contributed by atoms with Crippen molar-refractivity contribution in [1.82, 2.24) is 9.88 Å². The van der Waals surface area contributed by atoms with Crippen molar-refractivity contribution in [2.45, 2.75) is 65.2 Å². The predicted octanol–water partition coefficient (Wildman–Crippen LogP) is 3.62. The number of pyridine rings is 1. The third-order valence-electron chi connectivity index (χ3n) is 3.35.